The van der Waals surface area contributed by atoms with E-state index in [1.807, 2.05) is 38.1 Å². The van der Waals surface area contributed by atoms with Crippen molar-refractivity contribution in [2.75, 3.05) is 13.2 Å². The van der Waals surface area contributed by atoms with Crippen LogP contribution in [0.25, 0.3) is 0 Å². The summed E-state index contributed by atoms with van der Waals surface area (Å²) in [5, 5.41) is 0. The normalized spacial score (nSPS) is 10.0. The first-order chi connectivity index (χ1) is 6.36. The average Bonchev–Trinajstić information content (AvgIpc) is 2.16. The van der Waals surface area contributed by atoms with Crippen molar-refractivity contribution in [2.24, 2.45) is 0 Å². The Balaban J connectivity index is 2.56. The van der Waals surface area contributed by atoms with E-state index < -0.39 is 0 Å². The third-order valence-corrected chi connectivity index (χ3v) is 1.68. The maximum Gasteiger partial charge on any atom is 0.119 e. The summed E-state index contributed by atoms with van der Waals surface area (Å²) < 4.78 is 10.7. The average molecular weight is 180 g/mol. The third-order valence-electron chi connectivity index (χ3n) is 1.68. The van der Waals surface area contributed by atoms with Gasteiger partial charge in [0, 0.05) is 6.61 Å². The van der Waals surface area contributed by atoms with Gasteiger partial charge in [-0.15, -0.1) is 0 Å². The van der Waals surface area contributed by atoms with Crippen LogP contribution in [0, 0.1) is 0 Å². The molecule has 2 nitrogen and oxygen atoms in total. The van der Waals surface area contributed by atoms with Crippen LogP contribution in [0.2, 0.25) is 0 Å². The predicted molar refractivity (Wildman–Crippen MR) is 52.9 cm³/mol. The molecule has 0 fully saturated rings. The van der Waals surface area contributed by atoms with E-state index in [4.69, 9.17) is 9.47 Å². The first-order valence-corrected chi connectivity index (χ1v) is 4.66. The Morgan fingerprint density at radius 1 is 1.15 bits per heavy atom. The zero-order valence-corrected chi connectivity index (χ0v) is 8.25. The van der Waals surface area contributed by atoms with Crippen molar-refractivity contribution in [1.82, 2.24) is 0 Å². The Kier molecular flexibility index (Phi) is 4.33. The Labute approximate surface area is 79.5 Å². The second-order valence-electron chi connectivity index (χ2n) is 2.72. The largest absolute Gasteiger partial charge is 0.494 e. The molecule has 1 aromatic carbocycles. The third kappa shape index (κ3) is 3.47. The lowest BCUT2D eigenvalue weighted by Crippen LogP contribution is -1.94. The first-order valence-electron chi connectivity index (χ1n) is 4.66. The lowest BCUT2D eigenvalue weighted by Gasteiger charge is -2.05. The van der Waals surface area contributed by atoms with Crippen molar-refractivity contribution in [3.63, 3.8) is 0 Å². The smallest absolute Gasteiger partial charge is 0.119 e. The number of rotatable bonds is 5. The van der Waals surface area contributed by atoms with Crippen LogP contribution in [0.4, 0.5) is 0 Å². The minimum atomic E-state index is 0.664. The van der Waals surface area contributed by atoms with E-state index in [9.17, 15) is 0 Å². The van der Waals surface area contributed by atoms with E-state index in [1.165, 1.54) is 0 Å². The molecule has 1 aromatic rings. The molecular formula is C11H16O2. The van der Waals surface area contributed by atoms with E-state index in [2.05, 4.69) is 0 Å². The second-order valence-corrected chi connectivity index (χ2v) is 2.72. The van der Waals surface area contributed by atoms with Crippen LogP contribution in [-0.4, -0.2) is 13.2 Å². The Hall–Kier alpha value is -1.02. The topological polar surface area (TPSA) is 18.5 Å². The molecule has 0 radical (unpaired) electrons. The van der Waals surface area contributed by atoms with Gasteiger partial charge in [0.25, 0.3) is 0 Å². The van der Waals surface area contributed by atoms with E-state index in [0.29, 0.717) is 13.2 Å². The summed E-state index contributed by atoms with van der Waals surface area (Å²) >= 11 is 0. The van der Waals surface area contributed by atoms with Crippen molar-refractivity contribution < 1.29 is 9.47 Å². The van der Waals surface area contributed by atoms with Gasteiger partial charge in [-0.2, -0.15) is 0 Å². The molecule has 72 valence electrons. The van der Waals surface area contributed by atoms with Gasteiger partial charge in [0.2, 0.25) is 0 Å². The summed E-state index contributed by atoms with van der Waals surface area (Å²) in [6.45, 7) is 6.09. The van der Waals surface area contributed by atoms with Gasteiger partial charge < -0.3 is 9.47 Å². The quantitative estimate of drug-likeness (QED) is 0.693. The minimum Gasteiger partial charge on any atom is -0.494 e. The molecule has 0 unspecified atom stereocenters. The lowest BCUT2D eigenvalue weighted by molar-refractivity contribution is 0.134. The maximum absolute atomic E-state index is 5.37. The van der Waals surface area contributed by atoms with Crippen LogP contribution in [0.3, 0.4) is 0 Å². The van der Waals surface area contributed by atoms with Crippen molar-refractivity contribution >= 4 is 0 Å². The molecule has 0 aliphatic rings. The van der Waals surface area contributed by atoms with Gasteiger partial charge in [0.1, 0.15) is 5.75 Å². The molecule has 0 saturated heterocycles. The standard InChI is InChI=1S/C11H16O2/c1-3-12-9-10-6-5-7-11(8-10)13-4-2/h5-8H,3-4,9H2,1-2H3. The van der Waals surface area contributed by atoms with E-state index in [-0.39, 0.29) is 0 Å². The first kappa shape index (κ1) is 10.1. The Morgan fingerprint density at radius 2 is 2.00 bits per heavy atom. The predicted octanol–water partition coefficient (Wildman–Crippen LogP) is 2.62. The molecule has 2 heteroatoms. The molecule has 0 amide bonds. The highest BCUT2D eigenvalue weighted by atomic mass is 16.5. The summed E-state index contributed by atoms with van der Waals surface area (Å²) in [4.78, 5) is 0. The van der Waals surface area contributed by atoms with Gasteiger partial charge in [-0.25, -0.2) is 0 Å². The van der Waals surface area contributed by atoms with Crippen LogP contribution in [0.15, 0.2) is 24.3 Å². The Bertz CT molecular complexity index is 246. The molecule has 1 rings (SSSR count). The zero-order valence-electron chi connectivity index (χ0n) is 8.25. The number of benzene rings is 1. The summed E-state index contributed by atoms with van der Waals surface area (Å²) in [5.74, 6) is 0.916. The van der Waals surface area contributed by atoms with Crippen LogP contribution in [0.5, 0.6) is 5.75 Å². The molecule has 0 aliphatic carbocycles. The van der Waals surface area contributed by atoms with Gasteiger partial charge in [-0.1, -0.05) is 12.1 Å². The molecule has 13 heavy (non-hydrogen) atoms. The zero-order chi connectivity index (χ0) is 9.52. The summed E-state index contributed by atoms with van der Waals surface area (Å²) in [6.07, 6.45) is 0. The molecule has 0 N–H and O–H groups in total. The minimum absolute atomic E-state index is 0.664. The number of hydrogen-bond acceptors (Lipinski definition) is 2. The number of ether oxygens (including phenoxy) is 2. The summed E-state index contributed by atoms with van der Waals surface area (Å²) in [5.41, 5.74) is 1.16. The fraction of sp³-hybridized carbons (Fsp3) is 0.455. The summed E-state index contributed by atoms with van der Waals surface area (Å²) in [7, 11) is 0. The molecule has 0 bridgehead atoms. The van der Waals surface area contributed by atoms with Crippen molar-refractivity contribution in [1.29, 1.82) is 0 Å². The highest BCUT2D eigenvalue weighted by Crippen LogP contribution is 2.13. The van der Waals surface area contributed by atoms with Crippen molar-refractivity contribution in [3.8, 4) is 5.75 Å². The van der Waals surface area contributed by atoms with Crippen molar-refractivity contribution in [2.45, 2.75) is 20.5 Å². The molecule has 0 heterocycles. The molecule has 0 aromatic heterocycles. The second kappa shape index (κ2) is 5.60. The van der Waals surface area contributed by atoms with Gasteiger partial charge in [0.05, 0.1) is 13.2 Å². The number of hydrogen-bond donors (Lipinski definition) is 0. The van der Waals surface area contributed by atoms with E-state index in [0.717, 1.165) is 17.9 Å². The SMILES string of the molecule is CCOCc1cccc(OCC)c1. The van der Waals surface area contributed by atoms with Gasteiger partial charge in [0.15, 0.2) is 0 Å². The molecule has 0 saturated carbocycles. The molecule has 0 spiro atoms. The highest BCUT2D eigenvalue weighted by molar-refractivity contribution is 5.27. The van der Waals surface area contributed by atoms with Gasteiger partial charge in [-0.3, -0.25) is 0 Å². The van der Waals surface area contributed by atoms with E-state index in [1.54, 1.807) is 0 Å². The van der Waals surface area contributed by atoms with Crippen LogP contribution >= 0.6 is 0 Å². The van der Waals surface area contributed by atoms with Crippen molar-refractivity contribution in [3.05, 3.63) is 29.8 Å². The van der Waals surface area contributed by atoms with Crippen LogP contribution in [-0.2, 0) is 11.3 Å². The fourth-order valence-corrected chi connectivity index (χ4v) is 1.11. The van der Waals surface area contributed by atoms with Crippen LogP contribution in [0.1, 0.15) is 19.4 Å². The monoisotopic (exact) mass is 180 g/mol. The maximum atomic E-state index is 5.37. The van der Waals surface area contributed by atoms with Crippen LogP contribution < -0.4 is 4.74 Å². The fourth-order valence-electron chi connectivity index (χ4n) is 1.11. The van der Waals surface area contributed by atoms with E-state index >= 15 is 0 Å². The molecular weight excluding hydrogens is 164 g/mol. The molecule has 0 aliphatic heterocycles. The lowest BCUT2D eigenvalue weighted by atomic mass is 10.2. The highest BCUT2D eigenvalue weighted by Gasteiger charge is 1.95. The van der Waals surface area contributed by atoms with Gasteiger partial charge >= 0.3 is 0 Å². The summed E-state index contributed by atoms with van der Waals surface area (Å²) in [6, 6.07) is 8.00. The molecule has 0 atom stereocenters. The Morgan fingerprint density at radius 3 is 2.69 bits per heavy atom. The van der Waals surface area contributed by atoms with Gasteiger partial charge in [-0.05, 0) is 31.5 Å².